The van der Waals surface area contributed by atoms with Crippen LogP contribution in [0.1, 0.15) is 35.3 Å². The molecule has 2 atom stereocenters. The summed E-state index contributed by atoms with van der Waals surface area (Å²) in [5.41, 5.74) is 1.38. The summed E-state index contributed by atoms with van der Waals surface area (Å²) in [6.45, 7) is 4.10. The van der Waals surface area contributed by atoms with E-state index in [2.05, 4.69) is 50.1 Å². The van der Waals surface area contributed by atoms with Gasteiger partial charge >= 0.3 is 5.97 Å². The SMILES string of the molecule is O=C(O)c1cnc(N2CCC3C(CCCN3Cc3ccccc3)C2)cn1. The van der Waals surface area contributed by atoms with Crippen LogP contribution < -0.4 is 4.90 Å². The number of carbonyl (C=O) groups is 1. The molecule has 6 nitrogen and oxygen atoms in total. The van der Waals surface area contributed by atoms with Crippen molar-refractivity contribution in [1.29, 1.82) is 0 Å². The average Bonchev–Trinajstić information content (AvgIpc) is 2.69. The Balaban J connectivity index is 1.43. The minimum absolute atomic E-state index is 0.00432. The predicted molar refractivity (Wildman–Crippen MR) is 99.2 cm³/mol. The van der Waals surface area contributed by atoms with Crippen LogP contribution in [0.25, 0.3) is 0 Å². The number of aromatic nitrogens is 2. The second-order valence-electron chi connectivity index (χ2n) is 7.23. The minimum Gasteiger partial charge on any atom is -0.476 e. The first kappa shape index (κ1) is 17.0. The van der Waals surface area contributed by atoms with Crippen molar-refractivity contribution in [3.63, 3.8) is 0 Å². The summed E-state index contributed by atoms with van der Waals surface area (Å²) in [5, 5.41) is 8.97. The van der Waals surface area contributed by atoms with E-state index < -0.39 is 5.97 Å². The highest BCUT2D eigenvalue weighted by atomic mass is 16.4. The second kappa shape index (κ2) is 7.41. The van der Waals surface area contributed by atoms with Crippen LogP contribution in [0.4, 0.5) is 5.82 Å². The van der Waals surface area contributed by atoms with Gasteiger partial charge < -0.3 is 10.0 Å². The Hall–Kier alpha value is -2.47. The fraction of sp³-hybridized carbons (Fsp3) is 0.450. The summed E-state index contributed by atoms with van der Waals surface area (Å²) in [7, 11) is 0. The van der Waals surface area contributed by atoms with Crippen LogP contribution in [-0.2, 0) is 6.54 Å². The van der Waals surface area contributed by atoms with Gasteiger partial charge in [0.15, 0.2) is 5.69 Å². The van der Waals surface area contributed by atoms with Crippen LogP contribution in [0, 0.1) is 5.92 Å². The Morgan fingerprint density at radius 3 is 2.69 bits per heavy atom. The van der Waals surface area contributed by atoms with Crippen LogP contribution in [0.2, 0.25) is 0 Å². The lowest BCUT2D eigenvalue weighted by Crippen LogP contribution is -2.53. The van der Waals surface area contributed by atoms with Crippen molar-refractivity contribution in [2.24, 2.45) is 5.92 Å². The maximum absolute atomic E-state index is 10.9. The van der Waals surface area contributed by atoms with Gasteiger partial charge in [-0.15, -0.1) is 0 Å². The van der Waals surface area contributed by atoms with E-state index in [0.29, 0.717) is 12.0 Å². The molecular formula is C20H24N4O2. The van der Waals surface area contributed by atoms with E-state index in [1.54, 1.807) is 6.20 Å². The number of rotatable bonds is 4. The van der Waals surface area contributed by atoms with Crippen molar-refractivity contribution in [1.82, 2.24) is 14.9 Å². The highest BCUT2D eigenvalue weighted by molar-refractivity contribution is 5.84. The molecule has 0 saturated carbocycles. The summed E-state index contributed by atoms with van der Waals surface area (Å²) in [6, 6.07) is 11.3. The number of hydrogen-bond donors (Lipinski definition) is 1. The van der Waals surface area contributed by atoms with E-state index in [1.807, 2.05) is 0 Å². The minimum atomic E-state index is -1.04. The Labute approximate surface area is 153 Å². The summed E-state index contributed by atoms with van der Waals surface area (Å²) >= 11 is 0. The Morgan fingerprint density at radius 2 is 1.96 bits per heavy atom. The number of fused-ring (bicyclic) bond motifs is 1. The van der Waals surface area contributed by atoms with Gasteiger partial charge in [-0.1, -0.05) is 30.3 Å². The van der Waals surface area contributed by atoms with Crippen molar-refractivity contribution in [2.45, 2.75) is 31.8 Å². The van der Waals surface area contributed by atoms with Gasteiger partial charge in [0.25, 0.3) is 0 Å². The molecule has 1 aromatic heterocycles. The molecule has 1 aromatic carbocycles. The number of carboxylic acids is 1. The van der Waals surface area contributed by atoms with Crippen LogP contribution in [0.15, 0.2) is 42.7 Å². The molecule has 136 valence electrons. The van der Waals surface area contributed by atoms with Crippen molar-refractivity contribution in [2.75, 3.05) is 24.5 Å². The Kier molecular flexibility index (Phi) is 4.84. The van der Waals surface area contributed by atoms with Gasteiger partial charge in [0.2, 0.25) is 0 Å². The molecule has 4 rings (SSSR count). The van der Waals surface area contributed by atoms with Crippen molar-refractivity contribution in [3.8, 4) is 0 Å². The zero-order valence-corrected chi connectivity index (χ0v) is 14.8. The zero-order chi connectivity index (χ0) is 17.9. The number of hydrogen-bond acceptors (Lipinski definition) is 5. The van der Waals surface area contributed by atoms with Crippen molar-refractivity contribution in [3.05, 3.63) is 54.0 Å². The van der Waals surface area contributed by atoms with Gasteiger partial charge in [0, 0.05) is 25.7 Å². The molecule has 2 aliphatic heterocycles. The van der Waals surface area contributed by atoms with E-state index in [-0.39, 0.29) is 5.69 Å². The monoisotopic (exact) mass is 352 g/mol. The maximum atomic E-state index is 10.9. The van der Waals surface area contributed by atoms with Crippen LogP contribution in [0.3, 0.4) is 0 Å². The molecule has 2 aliphatic rings. The number of piperidine rings is 2. The summed E-state index contributed by atoms with van der Waals surface area (Å²) in [4.78, 5) is 24.2. The first-order valence-electron chi connectivity index (χ1n) is 9.29. The number of carboxylic acid groups (broad SMARTS) is 1. The zero-order valence-electron chi connectivity index (χ0n) is 14.8. The Bertz CT molecular complexity index is 750. The summed E-state index contributed by atoms with van der Waals surface area (Å²) < 4.78 is 0. The molecule has 2 unspecified atom stereocenters. The van der Waals surface area contributed by atoms with Crippen LogP contribution in [-0.4, -0.2) is 51.6 Å². The Morgan fingerprint density at radius 1 is 1.12 bits per heavy atom. The molecule has 2 saturated heterocycles. The van der Waals surface area contributed by atoms with Crippen molar-refractivity contribution >= 4 is 11.8 Å². The van der Waals surface area contributed by atoms with E-state index >= 15 is 0 Å². The third-order valence-corrected chi connectivity index (χ3v) is 5.59. The molecule has 0 aliphatic carbocycles. The highest BCUT2D eigenvalue weighted by Gasteiger charge is 2.36. The average molecular weight is 352 g/mol. The molecule has 1 N–H and O–H groups in total. The molecule has 26 heavy (non-hydrogen) atoms. The van der Waals surface area contributed by atoms with Gasteiger partial charge in [0.1, 0.15) is 5.82 Å². The fourth-order valence-electron chi connectivity index (χ4n) is 4.32. The van der Waals surface area contributed by atoms with E-state index in [1.165, 1.54) is 31.1 Å². The van der Waals surface area contributed by atoms with Crippen LogP contribution in [0.5, 0.6) is 0 Å². The number of anilines is 1. The standard InChI is InChI=1S/C20H24N4O2/c25-20(26)17-11-22-19(12-21-17)24-10-8-18-16(14-24)7-4-9-23(18)13-15-5-2-1-3-6-15/h1-3,5-6,11-12,16,18H,4,7-10,13-14H2,(H,25,26). The van der Waals surface area contributed by atoms with Gasteiger partial charge in [-0.25, -0.2) is 14.8 Å². The fourth-order valence-corrected chi connectivity index (χ4v) is 4.32. The normalized spacial score (nSPS) is 23.5. The first-order chi connectivity index (χ1) is 12.7. The maximum Gasteiger partial charge on any atom is 0.356 e. The predicted octanol–water partition coefficient (Wildman–Crippen LogP) is 2.67. The van der Waals surface area contributed by atoms with E-state index in [4.69, 9.17) is 5.11 Å². The van der Waals surface area contributed by atoms with Crippen molar-refractivity contribution < 1.29 is 9.90 Å². The third kappa shape index (κ3) is 3.55. The molecular weight excluding hydrogens is 328 g/mol. The molecule has 0 amide bonds. The van der Waals surface area contributed by atoms with E-state index in [0.717, 1.165) is 31.9 Å². The van der Waals surface area contributed by atoms with Gasteiger partial charge in [-0.3, -0.25) is 4.90 Å². The molecule has 0 radical (unpaired) electrons. The van der Waals surface area contributed by atoms with E-state index in [9.17, 15) is 4.79 Å². The first-order valence-corrected chi connectivity index (χ1v) is 9.29. The lowest BCUT2D eigenvalue weighted by Gasteiger charge is -2.47. The van der Waals surface area contributed by atoms with Gasteiger partial charge in [-0.2, -0.15) is 0 Å². The molecule has 6 heteroatoms. The number of aromatic carboxylic acids is 1. The molecule has 0 spiro atoms. The smallest absolute Gasteiger partial charge is 0.356 e. The third-order valence-electron chi connectivity index (χ3n) is 5.59. The lowest BCUT2D eigenvalue weighted by molar-refractivity contribution is 0.0688. The highest BCUT2D eigenvalue weighted by Crippen LogP contribution is 2.33. The van der Waals surface area contributed by atoms with Crippen LogP contribution >= 0.6 is 0 Å². The van der Waals surface area contributed by atoms with Gasteiger partial charge in [0.05, 0.1) is 12.4 Å². The lowest BCUT2D eigenvalue weighted by atomic mass is 9.83. The van der Waals surface area contributed by atoms with Gasteiger partial charge in [-0.05, 0) is 37.3 Å². The topological polar surface area (TPSA) is 69.6 Å². The second-order valence-corrected chi connectivity index (χ2v) is 7.23. The quantitative estimate of drug-likeness (QED) is 0.912. The molecule has 0 bridgehead atoms. The summed E-state index contributed by atoms with van der Waals surface area (Å²) in [5.74, 6) is 0.377. The number of benzene rings is 1. The molecule has 2 fully saturated rings. The summed E-state index contributed by atoms with van der Waals surface area (Å²) in [6.07, 6.45) is 6.53. The molecule has 3 heterocycles. The number of likely N-dealkylation sites (tertiary alicyclic amines) is 1. The molecule has 2 aromatic rings. The largest absolute Gasteiger partial charge is 0.476 e. The number of nitrogens with zero attached hydrogens (tertiary/aromatic N) is 4.